The molecule has 4 aromatic rings. The molecule has 0 radical (unpaired) electrons. The number of unbranched alkanes of at least 4 members (excludes halogenated alkanes) is 7. The molecule has 0 bridgehead atoms. The van der Waals surface area contributed by atoms with Crippen molar-refractivity contribution in [2.24, 2.45) is 0 Å². The van der Waals surface area contributed by atoms with Crippen molar-refractivity contribution in [3.05, 3.63) is 95.1 Å². The van der Waals surface area contributed by atoms with Crippen molar-refractivity contribution in [3.8, 4) is 40.2 Å². The Bertz CT molecular complexity index is 1800. The molecule has 10 nitrogen and oxygen atoms in total. The second kappa shape index (κ2) is 19.9. The Kier molecular flexibility index (Phi) is 14.6. The van der Waals surface area contributed by atoms with Gasteiger partial charge in [0.25, 0.3) is 5.91 Å². The lowest BCUT2D eigenvalue weighted by molar-refractivity contribution is 0.0935. The van der Waals surface area contributed by atoms with Crippen LogP contribution >= 0.6 is 0 Å². The molecule has 10 heteroatoms. The Morgan fingerprint density at radius 2 is 1.09 bits per heavy atom. The fourth-order valence-corrected chi connectivity index (χ4v) is 6.29. The van der Waals surface area contributed by atoms with Gasteiger partial charge in [-0.15, -0.1) is 0 Å². The number of methoxy groups -OCH3 is 5. The van der Waals surface area contributed by atoms with Gasteiger partial charge in [0.05, 0.1) is 54.3 Å². The molecule has 0 saturated heterocycles. The van der Waals surface area contributed by atoms with Crippen molar-refractivity contribution < 1.29 is 38.0 Å². The minimum absolute atomic E-state index is 0.100. The Labute approximate surface area is 313 Å². The highest BCUT2D eigenvalue weighted by Crippen LogP contribution is 2.39. The summed E-state index contributed by atoms with van der Waals surface area (Å²) in [5.74, 6) is 4.48. The van der Waals surface area contributed by atoms with Crippen molar-refractivity contribution in [2.45, 2.75) is 57.5 Å². The SMILES string of the molecule is COc1cc(C2NC(=O)c3ccccc3N2)ccc1OCCCCCCCCCCOc1cc(C=Cc2cc(OC)c(OC)c(OC)c2)ccc1OC. The van der Waals surface area contributed by atoms with Gasteiger partial charge >= 0.3 is 0 Å². The lowest BCUT2D eigenvalue weighted by Gasteiger charge is -2.28. The van der Waals surface area contributed by atoms with Crippen LogP contribution < -0.4 is 43.8 Å². The minimum Gasteiger partial charge on any atom is -0.493 e. The summed E-state index contributed by atoms with van der Waals surface area (Å²) in [5, 5.41) is 6.40. The average molecular weight is 725 g/mol. The first kappa shape index (κ1) is 38.7. The average Bonchev–Trinajstić information content (AvgIpc) is 3.19. The van der Waals surface area contributed by atoms with Gasteiger partial charge in [0.15, 0.2) is 34.5 Å². The summed E-state index contributed by atoms with van der Waals surface area (Å²) in [6.45, 7) is 1.27. The van der Waals surface area contributed by atoms with E-state index in [0.29, 0.717) is 53.3 Å². The molecule has 1 atom stereocenters. The molecule has 0 aliphatic carbocycles. The summed E-state index contributed by atoms with van der Waals surface area (Å²) in [5.41, 5.74) is 4.27. The van der Waals surface area contributed by atoms with E-state index in [1.54, 1.807) is 35.5 Å². The standard InChI is InChI=1S/C43H52N2O8/c1-47-35-22-20-30(18-19-31-27-39(49-3)41(51-5)40(28-31)50-4)26-38(35)53-25-15-11-9-7-6-8-10-14-24-52-36-23-21-32(29-37(36)48-2)42-44-34-17-13-12-16-33(34)43(46)45-42/h12-13,16-23,26-29,42,44H,6-11,14-15,24-25H2,1-5H3,(H,45,46). The molecule has 282 valence electrons. The maximum absolute atomic E-state index is 12.6. The number of amides is 1. The molecule has 5 rings (SSSR count). The van der Waals surface area contributed by atoms with Crippen LogP contribution in [0.25, 0.3) is 12.2 Å². The zero-order valence-corrected chi connectivity index (χ0v) is 31.5. The van der Waals surface area contributed by atoms with Crippen LogP contribution in [0.5, 0.6) is 40.2 Å². The fourth-order valence-electron chi connectivity index (χ4n) is 6.29. The largest absolute Gasteiger partial charge is 0.493 e. The molecule has 0 fully saturated rings. The molecule has 1 aliphatic rings. The van der Waals surface area contributed by atoms with Crippen molar-refractivity contribution in [1.29, 1.82) is 0 Å². The van der Waals surface area contributed by atoms with Gasteiger partial charge < -0.3 is 43.8 Å². The second-order valence-electron chi connectivity index (χ2n) is 12.7. The number of para-hydroxylation sites is 1. The van der Waals surface area contributed by atoms with Crippen molar-refractivity contribution in [3.63, 3.8) is 0 Å². The van der Waals surface area contributed by atoms with Gasteiger partial charge in [-0.1, -0.05) is 74.9 Å². The molecule has 1 aliphatic heterocycles. The molecular weight excluding hydrogens is 672 g/mol. The van der Waals surface area contributed by atoms with Crippen molar-refractivity contribution in [1.82, 2.24) is 5.32 Å². The van der Waals surface area contributed by atoms with Crippen molar-refractivity contribution in [2.75, 3.05) is 54.1 Å². The van der Waals surface area contributed by atoms with Gasteiger partial charge in [0.1, 0.15) is 6.17 Å². The third kappa shape index (κ3) is 10.5. The number of hydrogen-bond acceptors (Lipinski definition) is 9. The lowest BCUT2D eigenvalue weighted by Crippen LogP contribution is -2.38. The van der Waals surface area contributed by atoms with E-state index < -0.39 is 0 Å². The number of fused-ring (bicyclic) bond motifs is 1. The van der Waals surface area contributed by atoms with Gasteiger partial charge in [-0.25, -0.2) is 0 Å². The summed E-state index contributed by atoms with van der Waals surface area (Å²) in [6.07, 6.45) is 12.6. The molecule has 1 unspecified atom stereocenters. The first-order valence-electron chi connectivity index (χ1n) is 18.2. The number of hydrogen-bond donors (Lipinski definition) is 2. The van der Waals surface area contributed by atoms with Crippen LogP contribution in [0.4, 0.5) is 5.69 Å². The predicted molar refractivity (Wildman–Crippen MR) is 209 cm³/mol. The summed E-state index contributed by atoms with van der Waals surface area (Å²) in [7, 11) is 8.10. The molecule has 2 N–H and O–H groups in total. The third-order valence-corrected chi connectivity index (χ3v) is 9.16. The second-order valence-corrected chi connectivity index (χ2v) is 12.7. The third-order valence-electron chi connectivity index (χ3n) is 9.16. The summed E-state index contributed by atoms with van der Waals surface area (Å²) >= 11 is 0. The van der Waals surface area contributed by atoms with E-state index in [1.165, 1.54) is 25.7 Å². The molecule has 53 heavy (non-hydrogen) atoms. The van der Waals surface area contributed by atoms with Crippen LogP contribution in [0.3, 0.4) is 0 Å². The highest BCUT2D eigenvalue weighted by Gasteiger charge is 2.25. The Morgan fingerprint density at radius 3 is 1.74 bits per heavy atom. The van der Waals surface area contributed by atoms with E-state index in [1.807, 2.05) is 84.9 Å². The van der Waals surface area contributed by atoms with E-state index in [2.05, 4.69) is 10.6 Å². The van der Waals surface area contributed by atoms with Gasteiger partial charge in [-0.2, -0.15) is 0 Å². The molecule has 1 amide bonds. The van der Waals surface area contributed by atoms with Crippen molar-refractivity contribution >= 4 is 23.7 Å². The van der Waals surface area contributed by atoms with Gasteiger partial charge in [-0.05, 0) is 78.1 Å². The predicted octanol–water partition coefficient (Wildman–Crippen LogP) is 9.33. The first-order chi connectivity index (χ1) is 26.0. The summed E-state index contributed by atoms with van der Waals surface area (Å²) in [6, 6.07) is 23.0. The van der Waals surface area contributed by atoms with Crippen LogP contribution in [0.2, 0.25) is 0 Å². The Morgan fingerprint density at radius 1 is 0.528 bits per heavy atom. The number of nitrogens with one attached hydrogen (secondary N) is 2. The summed E-state index contributed by atoms with van der Waals surface area (Å²) < 4.78 is 39.8. The van der Waals surface area contributed by atoms with Gasteiger partial charge in [0, 0.05) is 5.69 Å². The number of anilines is 1. The molecule has 0 aromatic heterocycles. The molecule has 1 heterocycles. The first-order valence-corrected chi connectivity index (χ1v) is 18.2. The number of rotatable bonds is 21. The number of benzene rings is 4. The van der Waals surface area contributed by atoms with Gasteiger partial charge in [0.2, 0.25) is 5.75 Å². The molecular formula is C43H52N2O8. The molecule has 0 spiro atoms. The smallest absolute Gasteiger partial charge is 0.255 e. The summed E-state index contributed by atoms with van der Waals surface area (Å²) in [4.78, 5) is 12.6. The van der Waals surface area contributed by atoms with E-state index in [9.17, 15) is 4.79 Å². The Hall–Kier alpha value is -5.51. The van der Waals surface area contributed by atoms with Crippen LogP contribution in [0, 0.1) is 0 Å². The number of ether oxygens (including phenoxy) is 7. The fraction of sp³-hybridized carbons (Fsp3) is 0.372. The van der Waals surface area contributed by atoms with E-state index in [0.717, 1.165) is 53.8 Å². The number of carbonyl (C=O) groups excluding carboxylic acids is 1. The minimum atomic E-state index is -0.342. The maximum atomic E-state index is 12.6. The zero-order chi connectivity index (χ0) is 37.4. The van der Waals surface area contributed by atoms with E-state index >= 15 is 0 Å². The number of carbonyl (C=O) groups is 1. The quantitative estimate of drug-likeness (QED) is 0.0643. The Balaban J connectivity index is 0.963. The van der Waals surface area contributed by atoms with Gasteiger partial charge in [-0.3, -0.25) is 4.79 Å². The van der Waals surface area contributed by atoms with Crippen LogP contribution in [0.15, 0.2) is 72.8 Å². The molecule has 0 saturated carbocycles. The highest BCUT2D eigenvalue weighted by atomic mass is 16.5. The highest BCUT2D eigenvalue weighted by molar-refractivity contribution is 6.01. The monoisotopic (exact) mass is 724 g/mol. The molecule has 4 aromatic carbocycles. The zero-order valence-electron chi connectivity index (χ0n) is 31.5. The van der Waals surface area contributed by atoms with Crippen LogP contribution in [-0.4, -0.2) is 54.7 Å². The van der Waals surface area contributed by atoms with E-state index in [4.69, 9.17) is 33.2 Å². The maximum Gasteiger partial charge on any atom is 0.255 e. The van der Waals surface area contributed by atoms with Crippen LogP contribution in [-0.2, 0) is 0 Å². The topological polar surface area (TPSA) is 106 Å². The normalized spacial score (nSPS) is 13.5. The lowest BCUT2D eigenvalue weighted by atomic mass is 10.1. The van der Waals surface area contributed by atoms with E-state index in [-0.39, 0.29) is 12.1 Å². The van der Waals surface area contributed by atoms with Crippen LogP contribution in [0.1, 0.15) is 84.6 Å².